The Hall–Kier alpha value is -3.81. The summed E-state index contributed by atoms with van der Waals surface area (Å²) in [6.07, 6.45) is 0. The number of benzene rings is 3. The Balaban J connectivity index is 1.51. The van der Waals surface area contributed by atoms with Crippen LogP contribution in [0.25, 0.3) is 22.4 Å². The highest BCUT2D eigenvalue weighted by molar-refractivity contribution is 5.89. The summed E-state index contributed by atoms with van der Waals surface area (Å²) in [5.41, 5.74) is 2.12. The van der Waals surface area contributed by atoms with Crippen molar-refractivity contribution < 1.29 is 18.0 Å². The standard InChI is InChI=1S/C22H17F3N4O/c23-15-7-5-14(6-8-15)21-27-18-3-1-2-4-20(18)29(21)12-11-26-22(30)28-19-13-16(24)9-10-17(19)25/h1-10,13H,11-12H2,(H2,26,28,30). The molecule has 0 aliphatic heterocycles. The van der Waals surface area contributed by atoms with E-state index in [0.29, 0.717) is 12.4 Å². The first-order valence-corrected chi connectivity index (χ1v) is 9.22. The number of carbonyl (C=O) groups excluding carboxylic acids is 1. The van der Waals surface area contributed by atoms with Crippen LogP contribution in [0.5, 0.6) is 0 Å². The highest BCUT2D eigenvalue weighted by Crippen LogP contribution is 2.25. The lowest BCUT2D eigenvalue weighted by molar-refractivity contribution is 0.251. The summed E-state index contributed by atoms with van der Waals surface area (Å²) < 4.78 is 42.1. The van der Waals surface area contributed by atoms with Gasteiger partial charge in [0.2, 0.25) is 0 Å². The summed E-state index contributed by atoms with van der Waals surface area (Å²) in [7, 11) is 0. The number of para-hydroxylation sites is 2. The zero-order valence-electron chi connectivity index (χ0n) is 15.7. The molecule has 30 heavy (non-hydrogen) atoms. The number of nitrogens with one attached hydrogen (secondary N) is 2. The Morgan fingerprint density at radius 2 is 1.67 bits per heavy atom. The highest BCUT2D eigenvalue weighted by atomic mass is 19.1. The van der Waals surface area contributed by atoms with Gasteiger partial charge in [-0.15, -0.1) is 0 Å². The van der Waals surface area contributed by atoms with E-state index < -0.39 is 17.7 Å². The second-order valence-corrected chi connectivity index (χ2v) is 6.59. The number of aromatic nitrogens is 2. The summed E-state index contributed by atoms with van der Waals surface area (Å²) in [6.45, 7) is 0.573. The SMILES string of the molecule is O=C(NCCn1c(-c2ccc(F)cc2)nc2ccccc21)Nc1cc(F)ccc1F. The van der Waals surface area contributed by atoms with Gasteiger partial charge < -0.3 is 15.2 Å². The predicted octanol–water partition coefficient (Wildman–Crippen LogP) is 4.94. The highest BCUT2D eigenvalue weighted by Gasteiger charge is 2.13. The summed E-state index contributed by atoms with van der Waals surface area (Å²) in [4.78, 5) is 16.7. The van der Waals surface area contributed by atoms with Gasteiger partial charge in [0.1, 0.15) is 23.3 Å². The number of halogens is 3. The second kappa shape index (κ2) is 8.28. The maximum atomic E-state index is 13.7. The lowest BCUT2D eigenvalue weighted by atomic mass is 10.2. The molecular formula is C22H17F3N4O. The Morgan fingerprint density at radius 3 is 2.47 bits per heavy atom. The van der Waals surface area contributed by atoms with Gasteiger partial charge in [-0.2, -0.15) is 0 Å². The predicted molar refractivity (Wildman–Crippen MR) is 109 cm³/mol. The largest absolute Gasteiger partial charge is 0.336 e. The van der Waals surface area contributed by atoms with Crippen molar-refractivity contribution in [1.29, 1.82) is 0 Å². The van der Waals surface area contributed by atoms with Gasteiger partial charge in [0, 0.05) is 24.7 Å². The van der Waals surface area contributed by atoms with Crippen molar-refractivity contribution in [2.75, 3.05) is 11.9 Å². The Labute approximate surface area is 170 Å². The summed E-state index contributed by atoms with van der Waals surface area (Å²) in [6, 6.07) is 15.7. The zero-order valence-corrected chi connectivity index (χ0v) is 15.7. The van der Waals surface area contributed by atoms with Crippen molar-refractivity contribution in [1.82, 2.24) is 14.9 Å². The van der Waals surface area contributed by atoms with Crippen molar-refractivity contribution in [2.45, 2.75) is 6.54 Å². The monoisotopic (exact) mass is 410 g/mol. The quantitative estimate of drug-likeness (QED) is 0.490. The number of fused-ring (bicyclic) bond motifs is 1. The maximum Gasteiger partial charge on any atom is 0.319 e. The van der Waals surface area contributed by atoms with Gasteiger partial charge in [0.15, 0.2) is 0 Å². The van der Waals surface area contributed by atoms with Crippen LogP contribution in [0.15, 0.2) is 66.7 Å². The summed E-state index contributed by atoms with van der Waals surface area (Å²) in [5, 5.41) is 4.91. The summed E-state index contributed by atoms with van der Waals surface area (Å²) >= 11 is 0. The zero-order chi connectivity index (χ0) is 21.1. The van der Waals surface area contributed by atoms with Crippen LogP contribution in [0.2, 0.25) is 0 Å². The van der Waals surface area contributed by atoms with Crippen LogP contribution in [0.4, 0.5) is 23.7 Å². The van der Waals surface area contributed by atoms with Crippen LogP contribution in [-0.4, -0.2) is 22.1 Å². The molecule has 2 N–H and O–H groups in total. The van der Waals surface area contributed by atoms with E-state index in [0.717, 1.165) is 34.8 Å². The van der Waals surface area contributed by atoms with E-state index in [1.54, 1.807) is 12.1 Å². The van der Waals surface area contributed by atoms with E-state index in [1.165, 1.54) is 12.1 Å². The molecule has 1 heterocycles. The fraction of sp³-hybridized carbons (Fsp3) is 0.0909. The number of urea groups is 1. The molecule has 1 aromatic heterocycles. The smallest absolute Gasteiger partial charge is 0.319 e. The van der Waals surface area contributed by atoms with E-state index in [1.807, 2.05) is 28.8 Å². The first kappa shape index (κ1) is 19.5. The number of amides is 2. The molecule has 0 saturated carbocycles. The number of hydrogen-bond acceptors (Lipinski definition) is 2. The number of rotatable bonds is 5. The topological polar surface area (TPSA) is 59.0 Å². The van der Waals surface area contributed by atoms with Gasteiger partial charge in [0.25, 0.3) is 0 Å². The summed E-state index contributed by atoms with van der Waals surface area (Å²) in [5.74, 6) is -1.09. The van der Waals surface area contributed by atoms with Crippen LogP contribution < -0.4 is 10.6 Å². The normalized spacial score (nSPS) is 10.9. The molecule has 8 heteroatoms. The Bertz CT molecular complexity index is 1200. The van der Waals surface area contributed by atoms with Crippen molar-refractivity contribution in [3.05, 3.63) is 84.2 Å². The first-order chi connectivity index (χ1) is 14.5. The third kappa shape index (κ3) is 4.12. The lowest BCUT2D eigenvalue weighted by Gasteiger charge is -2.12. The Kier molecular flexibility index (Phi) is 5.38. The van der Waals surface area contributed by atoms with E-state index in [2.05, 4.69) is 15.6 Å². The van der Waals surface area contributed by atoms with E-state index in [9.17, 15) is 18.0 Å². The molecule has 0 atom stereocenters. The first-order valence-electron chi connectivity index (χ1n) is 9.22. The molecule has 0 saturated heterocycles. The molecule has 0 aliphatic rings. The number of anilines is 1. The van der Waals surface area contributed by atoms with Gasteiger partial charge in [-0.05, 0) is 48.5 Å². The molecule has 0 fully saturated rings. The van der Waals surface area contributed by atoms with Crippen LogP contribution in [-0.2, 0) is 6.54 Å². The van der Waals surface area contributed by atoms with Crippen LogP contribution in [0.3, 0.4) is 0 Å². The molecule has 0 bridgehead atoms. The fourth-order valence-electron chi connectivity index (χ4n) is 3.16. The average molecular weight is 410 g/mol. The fourth-order valence-corrected chi connectivity index (χ4v) is 3.16. The number of imidazole rings is 1. The van der Waals surface area contributed by atoms with Crippen molar-refractivity contribution >= 4 is 22.8 Å². The molecule has 152 valence electrons. The van der Waals surface area contributed by atoms with Gasteiger partial charge in [-0.3, -0.25) is 0 Å². The third-order valence-electron chi connectivity index (χ3n) is 4.55. The maximum absolute atomic E-state index is 13.7. The van der Waals surface area contributed by atoms with E-state index in [4.69, 9.17) is 0 Å². The number of hydrogen-bond donors (Lipinski definition) is 2. The minimum atomic E-state index is -0.731. The van der Waals surface area contributed by atoms with Crippen molar-refractivity contribution in [2.24, 2.45) is 0 Å². The number of nitrogens with zero attached hydrogens (tertiary/aromatic N) is 2. The van der Waals surface area contributed by atoms with Gasteiger partial charge >= 0.3 is 6.03 Å². The molecule has 4 aromatic rings. The third-order valence-corrected chi connectivity index (χ3v) is 4.55. The average Bonchev–Trinajstić information content (AvgIpc) is 3.10. The molecule has 3 aromatic carbocycles. The molecule has 0 radical (unpaired) electrons. The molecule has 0 aliphatic carbocycles. The lowest BCUT2D eigenvalue weighted by Crippen LogP contribution is -2.32. The molecule has 2 amide bonds. The van der Waals surface area contributed by atoms with Crippen molar-refractivity contribution in [3.63, 3.8) is 0 Å². The van der Waals surface area contributed by atoms with Crippen LogP contribution in [0, 0.1) is 17.5 Å². The molecule has 0 unspecified atom stereocenters. The van der Waals surface area contributed by atoms with Gasteiger partial charge in [0.05, 0.1) is 16.7 Å². The molecule has 4 rings (SSSR count). The van der Waals surface area contributed by atoms with Gasteiger partial charge in [-0.25, -0.2) is 22.9 Å². The molecule has 5 nitrogen and oxygen atoms in total. The van der Waals surface area contributed by atoms with E-state index in [-0.39, 0.29) is 18.0 Å². The second-order valence-electron chi connectivity index (χ2n) is 6.59. The molecular weight excluding hydrogens is 393 g/mol. The van der Waals surface area contributed by atoms with Gasteiger partial charge in [-0.1, -0.05) is 12.1 Å². The van der Waals surface area contributed by atoms with Crippen molar-refractivity contribution in [3.8, 4) is 11.4 Å². The minimum absolute atomic E-state index is 0.206. The minimum Gasteiger partial charge on any atom is -0.336 e. The Morgan fingerprint density at radius 1 is 0.933 bits per heavy atom. The number of carbonyl (C=O) groups is 1. The van der Waals surface area contributed by atoms with Crippen LogP contribution >= 0.6 is 0 Å². The van der Waals surface area contributed by atoms with E-state index >= 15 is 0 Å². The molecule has 0 spiro atoms. The van der Waals surface area contributed by atoms with Crippen LogP contribution in [0.1, 0.15) is 0 Å².